The lowest BCUT2D eigenvalue weighted by Crippen LogP contribution is -2.48. The van der Waals surface area contributed by atoms with Crippen LogP contribution in [0.2, 0.25) is 0 Å². The number of aliphatic carboxylic acids is 1. The van der Waals surface area contributed by atoms with Gasteiger partial charge in [0.25, 0.3) is 0 Å². The molecule has 3 rings (SSSR count). The first-order valence-corrected chi connectivity index (χ1v) is 8.27. The van der Waals surface area contributed by atoms with Crippen molar-refractivity contribution in [2.45, 2.75) is 6.61 Å². The standard InChI is InChI=1S/C18H22N4O3/c1-25-13-15-11-16(20-18(19-15)14-5-3-2-4-6-14)22-9-7-21(8-10-22)12-17(23)24/h2-6,11H,7-10,12-13H2,1H3,(H,23,24). The summed E-state index contributed by atoms with van der Waals surface area (Å²) >= 11 is 0. The highest BCUT2D eigenvalue weighted by Gasteiger charge is 2.21. The Balaban J connectivity index is 1.81. The molecule has 7 nitrogen and oxygen atoms in total. The summed E-state index contributed by atoms with van der Waals surface area (Å²) in [6, 6.07) is 11.8. The number of benzene rings is 1. The number of carbonyl (C=O) groups is 1. The molecule has 1 aliphatic heterocycles. The lowest BCUT2D eigenvalue weighted by molar-refractivity contribution is -0.138. The van der Waals surface area contributed by atoms with Crippen molar-refractivity contribution in [2.75, 3.05) is 44.7 Å². The van der Waals surface area contributed by atoms with E-state index in [1.54, 1.807) is 7.11 Å². The number of methoxy groups -OCH3 is 1. The molecule has 0 amide bonds. The van der Waals surface area contributed by atoms with Gasteiger partial charge in [0, 0.05) is 44.9 Å². The van der Waals surface area contributed by atoms with Crippen LogP contribution in [-0.4, -0.2) is 65.8 Å². The average molecular weight is 342 g/mol. The van der Waals surface area contributed by atoms with Crippen LogP contribution in [0.3, 0.4) is 0 Å². The fourth-order valence-corrected chi connectivity index (χ4v) is 2.91. The molecule has 0 spiro atoms. The van der Waals surface area contributed by atoms with Gasteiger partial charge in [-0.3, -0.25) is 9.69 Å². The van der Waals surface area contributed by atoms with Crippen LogP contribution >= 0.6 is 0 Å². The summed E-state index contributed by atoms with van der Waals surface area (Å²) in [6.07, 6.45) is 0. The second-order valence-electron chi connectivity index (χ2n) is 6.00. The first-order valence-electron chi connectivity index (χ1n) is 8.27. The maximum absolute atomic E-state index is 10.8. The summed E-state index contributed by atoms with van der Waals surface area (Å²) < 4.78 is 5.24. The minimum atomic E-state index is -0.788. The van der Waals surface area contributed by atoms with Gasteiger partial charge < -0.3 is 14.7 Å². The van der Waals surface area contributed by atoms with E-state index >= 15 is 0 Å². The maximum Gasteiger partial charge on any atom is 0.317 e. The molecule has 0 saturated carbocycles. The minimum Gasteiger partial charge on any atom is -0.480 e. The summed E-state index contributed by atoms with van der Waals surface area (Å²) in [5.41, 5.74) is 1.80. The van der Waals surface area contributed by atoms with Gasteiger partial charge in [0.2, 0.25) is 0 Å². The molecule has 0 unspecified atom stereocenters. The Morgan fingerprint density at radius 3 is 2.52 bits per heavy atom. The van der Waals surface area contributed by atoms with E-state index in [-0.39, 0.29) is 6.54 Å². The predicted octanol–water partition coefficient (Wildman–Crippen LogP) is 1.50. The molecule has 2 heterocycles. The second-order valence-corrected chi connectivity index (χ2v) is 6.00. The SMILES string of the molecule is COCc1cc(N2CCN(CC(=O)O)CC2)nc(-c2ccccc2)n1. The fraction of sp³-hybridized carbons (Fsp3) is 0.389. The summed E-state index contributed by atoms with van der Waals surface area (Å²) in [7, 11) is 1.65. The molecule has 132 valence electrons. The Morgan fingerprint density at radius 1 is 1.16 bits per heavy atom. The van der Waals surface area contributed by atoms with Crippen molar-refractivity contribution in [3.8, 4) is 11.4 Å². The van der Waals surface area contributed by atoms with Crippen LogP contribution in [0.4, 0.5) is 5.82 Å². The van der Waals surface area contributed by atoms with Gasteiger partial charge >= 0.3 is 5.97 Å². The zero-order chi connectivity index (χ0) is 17.6. The molecule has 0 bridgehead atoms. The van der Waals surface area contributed by atoms with Gasteiger partial charge in [0.1, 0.15) is 5.82 Å². The van der Waals surface area contributed by atoms with Crippen molar-refractivity contribution in [2.24, 2.45) is 0 Å². The number of carboxylic acid groups (broad SMARTS) is 1. The van der Waals surface area contributed by atoms with Crippen LogP contribution in [0.5, 0.6) is 0 Å². The highest BCUT2D eigenvalue weighted by molar-refractivity contribution is 5.69. The van der Waals surface area contributed by atoms with E-state index in [2.05, 4.69) is 9.88 Å². The number of nitrogens with zero attached hydrogens (tertiary/aromatic N) is 4. The van der Waals surface area contributed by atoms with Crippen molar-refractivity contribution >= 4 is 11.8 Å². The molecule has 1 aromatic heterocycles. The average Bonchev–Trinajstić information content (AvgIpc) is 2.63. The second kappa shape index (κ2) is 8.04. The molecular weight excluding hydrogens is 320 g/mol. The predicted molar refractivity (Wildman–Crippen MR) is 94.5 cm³/mol. The van der Waals surface area contributed by atoms with E-state index in [9.17, 15) is 4.79 Å². The Labute approximate surface area is 146 Å². The van der Waals surface area contributed by atoms with E-state index in [0.717, 1.165) is 30.2 Å². The van der Waals surface area contributed by atoms with Crippen molar-refractivity contribution in [1.29, 1.82) is 0 Å². The smallest absolute Gasteiger partial charge is 0.317 e. The monoisotopic (exact) mass is 342 g/mol. The van der Waals surface area contributed by atoms with Crippen molar-refractivity contribution in [1.82, 2.24) is 14.9 Å². The maximum atomic E-state index is 10.8. The molecule has 1 aromatic carbocycles. The third kappa shape index (κ3) is 4.52. The third-order valence-electron chi connectivity index (χ3n) is 4.15. The number of carboxylic acids is 1. The molecule has 0 radical (unpaired) electrons. The number of aromatic nitrogens is 2. The Kier molecular flexibility index (Phi) is 5.57. The van der Waals surface area contributed by atoms with E-state index in [1.165, 1.54) is 0 Å². The molecule has 25 heavy (non-hydrogen) atoms. The molecule has 0 atom stereocenters. The molecule has 1 N–H and O–H groups in total. The topological polar surface area (TPSA) is 78.8 Å². The number of hydrogen-bond donors (Lipinski definition) is 1. The third-order valence-corrected chi connectivity index (χ3v) is 4.15. The van der Waals surface area contributed by atoms with E-state index in [4.69, 9.17) is 14.8 Å². The number of piperazine rings is 1. The first kappa shape index (κ1) is 17.3. The van der Waals surface area contributed by atoms with Crippen LogP contribution in [0, 0.1) is 0 Å². The molecule has 2 aromatic rings. The van der Waals surface area contributed by atoms with Gasteiger partial charge in [-0.15, -0.1) is 0 Å². The number of hydrogen-bond acceptors (Lipinski definition) is 6. The lowest BCUT2D eigenvalue weighted by Gasteiger charge is -2.34. The van der Waals surface area contributed by atoms with Gasteiger partial charge in [-0.1, -0.05) is 30.3 Å². The summed E-state index contributed by atoms with van der Waals surface area (Å²) in [4.78, 5) is 24.3. The van der Waals surface area contributed by atoms with Crippen LogP contribution in [-0.2, 0) is 16.1 Å². The summed E-state index contributed by atoms with van der Waals surface area (Å²) in [5, 5.41) is 8.92. The zero-order valence-corrected chi connectivity index (χ0v) is 14.3. The first-order chi connectivity index (χ1) is 12.2. The van der Waals surface area contributed by atoms with E-state index < -0.39 is 5.97 Å². The fourth-order valence-electron chi connectivity index (χ4n) is 2.91. The van der Waals surface area contributed by atoms with E-state index in [1.807, 2.05) is 41.3 Å². The number of anilines is 1. The Morgan fingerprint density at radius 2 is 1.88 bits per heavy atom. The summed E-state index contributed by atoms with van der Waals surface area (Å²) in [6.45, 7) is 3.40. The van der Waals surface area contributed by atoms with Crippen molar-refractivity contribution in [3.05, 3.63) is 42.1 Å². The Hall–Kier alpha value is -2.51. The molecule has 0 aliphatic carbocycles. The van der Waals surface area contributed by atoms with Gasteiger partial charge in [-0.25, -0.2) is 9.97 Å². The van der Waals surface area contributed by atoms with Gasteiger partial charge in [0.15, 0.2) is 5.82 Å². The van der Waals surface area contributed by atoms with E-state index in [0.29, 0.717) is 25.5 Å². The zero-order valence-electron chi connectivity index (χ0n) is 14.3. The van der Waals surface area contributed by atoms with Crippen LogP contribution in [0.1, 0.15) is 5.69 Å². The molecule has 7 heteroatoms. The minimum absolute atomic E-state index is 0.0851. The van der Waals surface area contributed by atoms with Gasteiger partial charge in [0.05, 0.1) is 18.8 Å². The lowest BCUT2D eigenvalue weighted by atomic mass is 10.2. The molecular formula is C18H22N4O3. The summed E-state index contributed by atoms with van der Waals surface area (Å²) in [5.74, 6) is 0.748. The Bertz CT molecular complexity index is 716. The molecule has 1 aliphatic rings. The highest BCUT2D eigenvalue weighted by atomic mass is 16.5. The van der Waals surface area contributed by atoms with Crippen molar-refractivity contribution in [3.63, 3.8) is 0 Å². The van der Waals surface area contributed by atoms with Crippen LogP contribution < -0.4 is 4.90 Å². The number of rotatable bonds is 6. The van der Waals surface area contributed by atoms with Gasteiger partial charge in [-0.2, -0.15) is 0 Å². The molecule has 1 saturated heterocycles. The van der Waals surface area contributed by atoms with Crippen molar-refractivity contribution < 1.29 is 14.6 Å². The normalized spacial score (nSPS) is 15.3. The van der Waals surface area contributed by atoms with Gasteiger partial charge in [-0.05, 0) is 0 Å². The largest absolute Gasteiger partial charge is 0.480 e. The quantitative estimate of drug-likeness (QED) is 0.852. The van der Waals surface area contributed by atoms with Crippen LogP contribution in [0.15, 0.2) is 36.4 Å². The highest BCUT2D eigenvalue weighted by Crippen LogP contribution is 2.21. The van der Waals surface area contributed by atoms with Crippen LogP contribution in [0.25, 0.3) is 11.4 Å². The molecule has 1 fully saturated rings. The number of ether oxygens (including phenoxy) is 1.